The first kappa shape index (κ1) is 17.0. The second-order valence-electron chi connectivity index (χ2n) is 6.12. The van der Waals surface area contributed by atoms with Crippen molar-refractivity contribution in [3.63, 3.8) is 0 Å². The molecule has 0 saturated carbocycles. The molecule has 0 bridgehead atoms. The van der Waals surface area contributed by atoms with E-state index in [4.69, 9.17) is 0 Å². The van der Waals surface area contributed by atoms with Crippen LogP contribution in [0.15, 0.2) is 66.7 Å². The minimum atomic E-state index is 0.327. The summed E-state index contributed by atoms with van der Waals surface area (Å²) in [6, 6.07) is 22.8. The maximum Gasteiger partial charge on any atom is 0.225 e. The molecule has 25 heavy (non-hydrogen) atoms. The normalized spacial score (nSPS) is 11.8. The topological polar surface area (TPSA) is 49.8 Å². The fourth-order valence-electron chi connectivity index (χ4n) is 2.47. The van der Waals surface area contributed by atoms with Crippen LogP contribution in [-0.2, 0) is 6.54 Å². The van der Waals surface area contributed by atoms with Gasteiger partial charge in [-0.3, -0.25) is 0 Å². The SMILES string of the molecule is CC[C@H](C)Nc1nc(NCc2ccccc2)cc(-c2ccccc2)n1. The maximum absolute atomic E-state index is 4.68. The lowest BCUT2D eigenvalue weighted by molar-refractivity contribution is 0.753. The summed E-state index contributed by atoms with van der Waals surface area (Å²) in [4.78, 5) is 9.31. The van der Waals surface area contributed by atoms with Gasteiger partial charge in [-0.15, -0.1) is 0 Å². The van der Waals surface area contributed by atoms with E-state index in [0.717, 1.165) is 30.0 Å². The molecule has 0 fully saturated rings. The van der Waals surface area contributed by atoms with Gasteiger partial charge in [0.2, 0.25) is 5.95 Å². The molecule has 4 heteroatoms. The molecule has 128 valence electrons. The summed E-state index contributed by atoms with van der Waals surface area (Å²) < 4.78 is 0. The van der Waals surface area contributed by atoms with Crippen molar-refractivity contribution >= 4 is 11.8 Å². The van der Waals surface area contributed by atoms with Crippen molar-refractivity contribution in [1.82, 2.24) is 9.97 Å². The van der Waals surface area contributed by atoms with Gasteiger partial charge in [0.1, 0.15) is 5.82 Å². The van der Waals surface area contributed by atoms with Crippen LogP contribution in [0.1, 0.15) is 25.8 Å². The fraction of sp³-hybridized carbons (Fsp3) is 0.238. The Morgan fingerprint density at radius 2 is 1.60 bits per heavy atom. The van der Waals surface area contributed by atoms with Crippen LogP contribution in [0.4, 0.5) is 11.8 Å². The summed E-state index contributed by atoms with van der Waals surface area (Å²) in [6.07, 6.45) is 1.02. The lowest BCUT2D eigenvalue weighted by atomic mass is 10.1. The molecule has 0 radical (unpaired) electrons. The van der Waals surface area contributed by atoms with E-state index in [-0.39, 0.29) is 0 Å². The zero-order valence-corrected chi connectivity index (χ0v) is 14.7. The van der Waals surface area contributed by atoms with Crippen molar-refractivity contribution in [3.05, 3.63) is 72.3 Å². The van der Waals surface area contributed by atoms with E-state index in [1.54, 1.807) is 0 Å². The number of anilines is 2. The predicted octanol–water partition coefficient (Wildman–Crippen LogP) is 4.97. The zero-order chi connectivity index (χ0) is 17.5. The summed E-state index contributed by atoms with van der Waals surface area (Å²) in [5.74, 6) is 1.48. The van der Waals surface area contributed by atoms with Crippen molar-refractivity contribution in [1.29, 1.82) is 0 Å². The first-order chi connectivity index (χ1) is 12.2. The first-order valence-electron chi connectivity index (χ1n) is 8.73. The second kappa shape index (κ2) is 8.29. The standard InChI is InChI=1S/C21H24N4/c1-3-16(2)23-21-24-19(18-12-8-5-9-13-18)14-20(25-21)22-15-17-10-6-4-7-11-17/h4-14,16H,3,15H2,1-2H3,(H2,22,23,24,25)/t16-/m0/s1. The van der Waals surface area contributed by atoms with Gasteiger partial charge >= 0.3 is 0 Å². The molecule has 3 rings (SSSR count). The number of nitrogens with one attached hydrogen (secondary N) is 2. The van der Waals surface area contributed by atoms with E-state index in [1.807, 2.05) is 42.5 Å². The second-order valence-corrected chi connectivity index (χ2v) is 6.12. The van der Waals surface area contributed by atoms with Crippen LogP contribution in [0, 0.1) is 0 Å². The lowest BCUT2D eigenvalue weighted by Gasteiger charge is -2.14. The van der Waals surface area contributed by atoms with Gasteiger partial charge in [-0.1, -0.05) is 67.6 Å². The highest BCUT2D eigenvalue weighted by Gasteiger charge is 2.08. The Balaban J connectivity index is 1.86. The van der Waals surface area contributed by atoms with Gasteiger partial charge in [-0.05, 0) is 18.9 Å². The summed E-state index contributed by atoms with van der Waals surface area (Å²) >= 11 is 0. The number of hydrogen-bond acceptors (Lipinski definition) is 4. The quantitative estimate of drug-likeness (QED) is 0.641. The minimum absolute atomic E-state index is 0.327. The smallest absolute Gasteiger partial charge is 0.225 e. The first-order valence-corrected chi connectivity index (χ1v) is 8.73. The average Bonchev–Trinajstić information content (AvgIpc) is 2.67. The Morgan fingerprint density at radius 3 is 2.28 bits per heavy atom. The third-order valence-electron chi connectivity index (χ3n) is 4.10. The molecular formula is C21H24N4. The van der Waals surface area contributed by atoms with Crippen LogP contribution in [0.5, 0.6) is 0 Å². The van der Waals surface area contributed by atoms with Gasteiger partial charge < -0.3 is 10.6 Å². The Hall–Kier alpha value is -2.88. The molecular weight excluding hydrogens is 308 g/mol. The summed E-state index contributed by atoms with van der Waals surface area (Å²) in [5.41, 5.74) is 3.22. The van der Waals surface area contributed by atoms with Crippen molar-refractivity contribution in [3.8, 4) is 11.3 Å². The third-order valence-corrected chi connectivity index (χ3v) is 4.10. The summed E-state index contributed by atoms with van der Waals surface area (Å²) in [5, 5.41) is 6.79. The molecule has 0 amide bonds. The van der Waals surface area contributed by atoms with E-state index in [0.29, 0.717) is 12.0 Å². The van der Waals surface area contributed by atoms with Gasteiger partial charge in [0.05, 0.1) is 5.69 Å². The van der Waals surface area contributed by atoms with E-state index in [1.165, 1.54) is 5.56 Å². The van der Waals surface area contributed by atoms with E-state index in [2.05, 4.69) is 58.7 Å². The fourth-order valence-corrected chi connectivity index (χ4v) is 2.47. The van der Waals surface area contributed by atoms with Crippen molar-refractivity contribution < 1.29 is 0 Å². The van der Waals surface area contributed by atoms with Crippen LogP contribution < -0.4 is 10.6 Å². The Morgan fingerprint density at radius 1 is 0.920 bits per heavy atom. The highest BCUT2D eigenvalue weighted by Crippen LogP contribution is 2.22. The van der Waals surface area contributed by atoms with Crippen LogP contribution in [0.25, 0.3) is 11.3 Å². The molecule has 1 atom stereocenters. The number of nitrogens with zero attached hydrogens (tertiary/aromatic N) is 2. The minimum Gasteiger partial charge on any atom is -0.366 e. The molecule has 0 saturated heterocycles. The zero-order valence-electron chi connectivity index (χ0n) is 14.7. The van der Waals surface area contributed by atoms with Gasteiger partial charge in [0.25, 0.3) is 0 Å². The molecule has 0 aliphatic heterocycles. The number of benzene rings is 2. The summed E-state index contributed by atoms with van der Waals surface area (Å²) in [7, 11) is 0. The molecule has 2 N–H and O–H groups in total. The number of rotatable bonds is 7. The van der Waals surface area contributed by atoms with Gasteiger partial charge in [0, 0.05) is 24.2 Å². The predicted molar refractivity (Wildman–Crippen MR) is 105 cm³/mol. The largest absolute Gasteiger partial charge is 0.366 e. The van der Waals surface area contributed by atoms with Gasteiger partial charge in [0.15, 0.2) is 0 Å². The molecule has 1 heterocycles. The lowest BCUT2D eigenvalue weighted by Crippen LogP contribution is -2.16. The van der Waals surface area contributed by atoms with E-state index in [9.17, 15) is 0 Å². The molecule has 3 aromatic rings. The van der Waals surface area contributed by atoms with Crippen LogP contribution in [0.2, 0.25) is 0 Å². The molecule has 2 aromatic carbocycles. The Labute approximate surface area is 149 Å². The monoisotopic (exact) mass is 332 g/mol. The van der Waals surface area contributed by atoms with Gasteiger partial charge in [-0.2, -0.15) is 4.98 Å². The molecule has 1 aromatic heterocycles. The maximum atomic E-state index is 4.68. The van der Waals surface area contributed by atoms with Crippen molar-refractivity contribution in [2.75, 3.05) is 10.6 Å². The molecule has 0 spiro atoms. The van der Waals surface area contributed by atoms with Crippen LogP contribution in [0.3, 0.4) is 0 Å². The van der Waals surface area contributed by atoms with Crippen molar-refractivity contribution in [2.45, 2.75) is 32.9 Å². The van der Waals surface area contributed by atoms with E-state index >= 15 is 0 Å². The van der Waals surface area contributed by atoms with Crippen LogP contribution in [-0.4, -0.2) is 16.0 Å². The molecule has 0 unspecified atom stereocenters. The third kappa shape index (κ3) is 4.80. The molecule has 0 aliphatic rings. The van der Waals surface area contributed by atoms with Crippen LogP contribution >= 0.6 is 0 Å². The number of hydrogen-bond donors (Lipinski definition) is 2. The van der Waals surface area contributed by atoms with Crippen molar-refractivity contribution in [2.24, 2.45) is 0 Å². The Bertz CT molecular complexity index is 788. The van der Waals surface area contributed by atoms with Gasteiger partial charge in [-0.25, -0.2) is 4.98 Å². The number of aromatic nitrogens is 2. The highest BCUT2D eigenvalue weighted by atomic mass is 15.2. The molecule has 4 nitrogen and oxygen atoms in total. The Kier molecular flexibility index (Phi) is 5.62. The highest BCUT2D eigenvalue weighted by molar-refractivity contribution is 5.64. The average molecular weight is 332 g/mol. The summed E-state index contributed by atoms with van der Waals surface area (Å²) in [6.45, 7) is 5.01. The van der Waals surface area contributed by atoms with E-state index < -0.39 is 0 Å². The molecule has 0 aliphatic carbocycles.